The lowest BCUT2D eigenvalue weighted by Crippen LogP contribution is -2.43. The molecule has 0 spiro atoms. The van der Waals surface area contributed by atoms with E-state index in [0.29, 0.717) is 11.6 Å². The molecule has 2 N–H and O–H groups in total. The van der Waals surface area contributed by atoms with Gasteiger partial charge in [-0.25, -0.2) is 0 Å². The van der Waals surface area contributed by atoms with Gasteiger partial charge in [0.15, 0.2) is 5.78 Å². The number of hydrogen-bond donors (Lipinski definition) is 1. The molecular formula is C14H24ClN3O. The SMILES string of the molecule is CCc1nn(CC)c(CC(=O)C(N)C(C)(C)C)c1Cl. The van der Waals surface area contributed by atoms with E-state index in [0.717, 1.165) is 17.8 Å². The van der Waals surface area contributed by atoms with Crippen molar-refractivity contribution in [3.63, 3.8) is 0 Å². The second-order valence-corrected chi connectivity index (χ2v) is 6.24. The number of hydrogen-bond acceptors (Lipinski definition) is 3. The average Bonchev–Trinajstić information content (AvgIpc) is 2.64. The minimum absolute atomic E-state index is 0.00616. The Morgan fingerprint density at radius 1 is 1.42 bits per heavy atom. The summed E-state index contributed by atoms with van der Waals surface area (Å²) in [6.45, 7) is 10.6. The Labute approximate surface area is 120 Å². The van der Waals surface area contributed by atoms with E-state index in [9.17, 15) is 4.79 Å². The number of nitrogens with zero attached hydrogens (tertiary/aromatic N) is 2. The van der Waals surface area contributed by atoms with Crippen LogP contribution in [0.15, 0.2) is 0 Å². The summed E-state index contributed by atoms with van der Waals surface area (Å²) in [6, 6.07) is -0.492. The van der Waals surface area contributed by atoms with Gasteiger partial charge in [0, 0.05) is 6.54 Å². The number of carbonyl (C=O) groups excluding carboxylic acids is 1. The van der Waals surface area contributed by atoms with Gasteiger partial charge in [0.2, 0.25) is 0 Å². The molecule has 0 bridgehead atoms. The normalized spacial score (nSPS) is 13.6. The molecule has 1 unspecified atom stereocenters. The van der Waals surface area contributed by atoms with Crippen LogP contribution in [0.3, 0.4) is 0 Å². The van der Waals surface area contributed by atoms with E-state index in [-0.39, 0.29) is 17.6 Å². The van der Waals surface area contributed by atoms with Gasteiger partial charge in [-0.05, 0) is 18.8 Å². The zero-order valence-corrected chi connectivity index (χ0v) is 13.2. The highest BCUT2D eigenvalue weighted by molar-refractivity contribution is 6.32. The lowest BCUT2D eigenvalue weighted by Gasteiger charge is -2.25. The maximum absolute atomic E-state index is 12.3. The molecule has 0 aliphatic heterocycles. The highest BCUT2D eigenvalue weighted by Gasteiger charge is 2.29. The molecule has 1 aromatic rings. The summed E-state index contributed by atoms with van der Waals surface area (Å²) in [7, 11) is 0. The Kier molecular flexibility index (Phi) is 5.16. The van der Waals surface area contributed by atoms with Crippen LogP contribution >= 0.6 is 11.6 Å². The van der Waals surface area contributed by atoms with E-state index in [1.54, 1.807) is 4.68 Å². The molecule has 1 rings (SSSR count). The van der Waals surface area contributed by atoms with Crippen molar-refractivity contribution in [3.05, 3.63) is 16.4 Å². The molecule has 0 saturated heterocycles. The molecule has 1 atom stereocenters. The Morgan fingerprint density at radius 3 is 2.42 bits per heavy atom. The molecule has 0 aliphatic rings. The Balaban J connectivity index is 2.99. The zero-order chi connectivity index (χ0) is 14.8. The van der Waals surface area contributed by atoms with Crippen LogP contribution in [0.4, 0.5) is 0 Å². The molecule has 19 heavy (non-hydrogen) atoms. The number of nitrogens with two attached hydrogens (primary N) is 1. The predicted octanol–water partition coefficient (Wildman–Crippen LogP) is 2.60. The van der Waals surface area contributed by atoms with Crippen molar-refractivity contribution in [2.24, 2.45) is 11.1 Å². The van der Waals surface area contributed by atoms with Gasteiger partial charge in [-0.1, -0.05) is 39.3 Å². The van der Waals surface area contributed by atoms with Crippen molar-refractivity contribution in [1.29, 1.82) is 0 Å². The molecule has 0 fully saturated rings. The topological polar surface area (TPSA) is 60.9 Å². The Morgan fingerprint density at radius 2 is 2.00 bits per heavy atom. The van der Waals surface area contributed by atoms with Crippen LogP contribution < -0.4 is 5.73 Å². The summed E-state index contributed by atoms with van der Waals surface area (Å²) in [6.07, 6.45) is 1.01. The molecule has 0 aliphatic carbocycles. The number of rotatable bonds is 5. The van der Waals surface area contributed by atoms with Gasteiger partial charge in [-0.3, -0.25) is 9.48 Å². The van der Waals surface area contributed by atoms with E-state index >= 15 is 0 Å². The third-order valence-corrected chi connectivity index (χ3v) is 3.75. The highest BCUT2D eigenvalue weighted by Crippen LogP contribution is 2.25. The average molecular weight is 286 g/mol. The summed E-state index contributed by atoms with van der Waals surface area (Å²) < 4.78 is 1.80. The molecule has 1 aromatic heterocycles. The van der Waals surface area contributed by atoms with Crippen molar-refractivity contribution in [2.45, 2.75) is 60.0 Å². The van der Waals surface area contributed by atoms with Crippen molar-refractivity contribution in [3.8, 4) is 0 Å². The molecule has 5 heteroatoms. The van der Waals surface area contributed by atoms with Crippen molar-refractivity contribution in [2.75, 3.05) is 0 Å². The standard InChI is InChI=1S/C14H24ClN3O/c1-6-9-12(15)10(18(7-2)17-9)8-11(19)13(16)14(3,4)5/h13H,6-8,16H2,1-5H3. The smallest absolute Gasteiger partial charge is 0.156 e. The van der Waals surface area contributed by atoms with Crippen LogP contribution in [0.1, 0.15) is 46.0 Å². The van der Waals surface area contributed by atoms with Crippen LogP contribution in [0.2, 0.25) is 5.02 Å². The first kappa shape index (κ1) is 16.2. The number of aromatic nitrogens is 2. The largest absolute Gasteiger partial charge is 0.321 e. The second-order valence-electron chi connectivity index (χ2n) is 5.86. The number of halogens is 1. The monoisotopic (exact) mass is 285 g/mol. The van der Waals surface area contributed by atoms with Crippen LogP contribution in [-0.2, 0) is 24.2 Å². The van der Waals surface area contributed by atoms with Gasteiger partial charge in [0.05, 0.1) is 28.9 Å². The summed E-state index contributed by atoms with van der Waals surface area (Å²) in [5, 5.41) is 5.02. The summed E-state index contributed by atoms with van der Waals surface area (Å²) >= 11 is 6.30. The van der Waals surface area contributed by atoms with Crippen LogP contribution in [0, 0.1) is 5.41 Å². The quantitative estimate of drug-likeness (QED) is 0.904. The summed E-state index contributed by atoms with van der Waals surface area (Å²) in [5.41, 5.74) is 7.39. The second kappa shape index (κ2) is 6.06. The molecule has 0 amide bonds. The summed E-state index contributed by atoms with van der Waals surface area (Å²) in [5.74, 6) is 0.00616. The third-order valence-electron chi connectivity index (χ3n) is 3.32. The molecule has 0 saturated carbocycles. The number of Topliss-reactive ketones (excluding diaryl/α,β-unsaturated/α-hetero) is 1. The van der Waals surface area contributed by atoms with Crippen LogP contribution in [0.5, 0.6) is 0 Å². The number of aryl methyl sites for hydroxylation is 2. The minimum atomic E-state index is -0.492. The molecular weight excluding hydrogens is 262 g/mol. The van der Waals surface area contributed by atoms with Gasteiger partial charge in [0.25, 0.3) is 0 Å². The maximum Gasteiger partial charge on any atom is 0.156 e. The van der Waals surface area contributed by atoms with E-state index in [2.05, 4.69) is 5.10 Å². The van der Waals surface area contributed by atoms with Gasteiger partial charge in [0.1, 0.15) is 0 Å². The van der Waals surface area contributed by atoms with Gasteiger partial charge in [-0.15, -0.1) is 0 Å². The fraction of sp³-hybridized carbons (Fsp3) is 0.714. The fourth-order valence-electron chi connectivity index (χ4n) is 1.94. The van der Waals surface area contributed by atoms with Crippen molar-refractivity contribution >= 4 is 17.4 Å². The molecule has 0 aromatic carbocycles. The minimum Gasteiger partial charge on any atom is -0.321 e. The van der Waals surface area contributed by atoms with Crippen molar-refractivity contribution in [1.82, 2.24) is 9.78 Å². The molecule has 0 radical (unpaired) electrons. The van der Waals surface area contributed by atoms with Gasteiger partial charge < -0.3 is 5.73 Å². The summed E-state index contributed by atoms with van der Waals surface area (Å²) in [4.78, 5) is 12.3. The fourth-order valence-corrected chi connectivity index (χ4v) is 2.28. The highest BCUT2D eigenvalue weighted by atomic mass is 35.5. The predicted molar refractivity (Wildman–Crippen MR) is 78.4 cm³/mol. The lowest BCUT2D eigenvalue weighted by atomic mass is 9.83. The van der Waals surface area contributed by atoms with E-state index in [1.165, 1.54) is 0 Å². The van der Waals surface area contributed by atoms with E-state index < -0.39 is 6.04 Å². The number of carbonyl (C=O) groups is 1. The Hall–Kier alpha value is -0.870. The first-order valence-electron chi connectivity index (χ1n) is 6.74. The van der Waals surface area contributed by atoms with Gasteiger partial charge >= 0.3 is 0 Å². The third kappa shape index (κ3) is 3.57. The molecule has 4 nitrogen and oxygen atoms in total. The lowest BCUT2D eigenvalue weighted by molar-refractivity contribution is -0.121. The van der Waals surface area contributed by atoms with Crippen molar-refractivity contribution < 1.29 is 4.79 Å². The first-order valence-corrected chi connectivity index (χ1v) is 7.12. The maximum atomic E-state index is 12.3. The zero-order valence-electron chi connectivity index (χ0n) is 12.5. The van der Waals surface area contributed by atoms with Crippen LogP contribution in [-0.4, -0.2) is 21.6 Å². The van der Waals surface area contributed by atoms with E-state index in [1.807, 2.05) is 34.6 Å². The first-order chi connectivity index (χ1) is 8.72. The Bertz CT molecular complexity index is 460. The van der Waals surface area contributed by atoms with E-state index in [4.69, 9.17) is 17.3 Å². The molecule has 108 valence electrons. The van der Waals surface area contributed by atoms with Crippen LogP contribution in [0.25, 0.3) is 0 Å². The number of ketones is 1. The van der Waals surface area contributed by atoms with Gasteiger partial charge in [-0.2, -0.15) is 5.10 Å². The molecule has 1 heterocycles.